The van der Waals surface area contributed by atoms with Gasteiger partial charge in [0.1, 0.15) is 17.0 Å². The molecule has 5 heterocycles. The Kier molecular flexibility index (Phi) is 5.04. The first-order chi connectivity index (χ1) is 17.1. The normalized spacial score (nSPS) is 11.7. The van der Waals surface area contributed by atoms with Gasteiger partial charge in [0.25, 0.3) is 0 Å². The number of nitrogens with zero attached hydrogens (tertiary/aromatic N) is 6. The third-order valence-corrected chi connectivity index (χ3v) is 5.82. The van der Waals surface area contributed by atoms with Crippen molar-refractivity contribution >= 4 is 21.9 Å². The van der Waals surface area contributed by atoms with Gasteiger partial charge < -0.3 is 9.88 Å². The van der Waals surface area contributed by atoms with Gasteiger partial charge in [0, 0.05) is 47.2 Å². The molecule has 0 saturated carbocycles. The zero-order valence-electron chi connectivity index (χ0n) is 19.1. The molecule has 9 heteroatoms. The van der Waals surface area contributed by atoms with Crippen LogP contribution in [0.1, 0.15) is 5.56 Å². The Morgan fingerprint density at radius 3 is 2.63 bits per heavy atom. The van der Waals surface area contributed by atoms with Crippen molar-refractivity contribution in [2.45, 2.75) is 6.54 Å². The number of aromatic amines is 2. The molecular weight excluding hydrogens is 443 g/mol. The summed E-state index contributed by atoms with van der Waals surface area (Å²) in [5.41, 5.74) is 6.66. The summed E-state index contributed by atoms with van der Waals surface area (Å²) in [5, 5.41) is 8.40. The Morgan fingerprint density at radius 2 is 1.77 bits per heavy atom. The lowest BCUT2D eigenvalue weighted by molar-refractivity contribution is 0.402. The molecule has 35 heavy (non-hydrogen) atoms. The summed E-state index contributed by atoms with van der Waals surface area (Å²) in [6, 6.07) is 10.7. The summed E-state index contributed by atoms with van der Waals surface area (Å²) in [7, 11) is 4.05. The second kappa shape index (κ2) is 8.37. The molecule has 0 radical (unpaired) electrons. The van der Waals surface area contributed by atoms with Crippen LogP contribution in [-0.4, -0.2) is 54.1 Å². The maximum Gasteiger partial charge on any atom is 0.159 e. The van der Waals surface area contributed by atoms with Gasteiger partial charge in [-0.3, -0.25) is 20.1 Å². The SMILES string of the molecule is CN(C)Cc1cncc(-c2cc3c(-c4nc5c(-c6ccccc6F)cncc5[nH]4)n[nH]c3cn2)c1. The van der Waals surface area contributed by atoms with Crippen LogP contribution in [0.5, 0.6) is 0 Å². The number of halogens is 1. The molecule has 0 aliphatic carbocycles. The van der Waals surface area contributed by atoms with Crippen LogP contribution in [-0.2, 0) is 6.54 Å². The van der Waals surface area contributed by atoms with E-state index in [9.17, 15) is 4.39 Å². The molecule has 172 valence electrons. The van der Waals surface area contributed by atoms with E-state index in [4.69, 9.17) is 4.98 Å². The zero-order chi connectivity index (χ0) is 23.9. The third kappa shape index (κ3) is 3.81. The quantitative estimate of drug-likeness (QED) is 0.379. The monoisotopic (exact) mass is 464 g/mol. The predicted molar refractivity (Wildman–Crippen MR) is 133 cm³/mol. The fourth-order valence-electron chi connectivity index (χ4n) is 4.26. The lowest BCUT2D eigenvalue weighted by Crippen LogP contribution is -2.10. The smallest absolute Gasteiger partial charge is 0.159 e. The first kappa shape index (κ1) is 21.1. The molecule has 5 aromatic heterocycles. The number of benzene rings is 1. The van der Waals surface area contributed by atoms with E-state index in [1.807, 2.05) is 26.4 Å². The molecule has 0 unspecified atom stereocenters. The van der Waals surface area contributed by atoms with Crippen LogP contribution < -0.4 is 0 Å². The Labute approximate surface area is 199 Å². The molecule has 0 fully saturated rings. The lowest BCUT2D eigenvalue weighted by atomic mass is 10.1. The Bertz CT molecular complexity index is 1680. The molecule has 6 aromatic rings. The molecule has 0 aliphatic heterocycles. The van der Waals surface area contributed by atoms with Gasteiger partial charge in [-0.15, -0.1) is 0 Å². The highest BCUT2D eigenvalue weighted by Gasteiger charge is 2.17. The summed E-state index contributed by atoms with van der Waals surface area (Å²) in [6.07, 6.45) is 8.74. The molecule has 1 aromatic carbocycles. The number of hydrogen-bond acceptors (Lipinski definition) is 6. The van der Waals surface area contributed by atoms with Crippen LogP contribution in [0.25, 0.3) is 55.8 Å². The first-order valence-electron chi connectivity index (χ1n) is 11.1. The molecule has 0 amide bonds. The van der Waals surface area contributed by atoms with Gasteiger partial charge in [-0.1, -0.05) is 18.2 Å². The highest BCUT2D eigenvalue weighted by atomic mass is 19.1. The molecule has 2 N–H and O–H groups in total. The summed E-state index contributed by atoms with van der Waals surface area (Å²) in [4.78, 5) is 23.5. The van der Waals surface area contributed by atoms with E-state index in [-0.39, 0.29) is 5.82 Å². The molecular formula is C26H21FN8. The number of rotatable bonds is 5. The maximum absolute atomic E-state index is 14.5. The molecule has 6 rings (SSSR count). The highest BCUT2D eigenvalue weighted by Crippen LogP contribution is 2.32. The summed E-state index contributed by atoms with van der Waals surface area (Å²) < 4.78 is 14.5. The number of fused-ring (bicyclic) bond motifs is 2. The number of pyridine rings is 3. The van der Waals surface area contributed by atoms with E-state index in [1.54, 1.807) is 43.0 Å². The molecule has 8 nitrogen and oxygen atoms in total. The van der Waals surface area contributed by atoms with Crippen LogP contribution in [0.15, 0.2) is 67.4 Å². The number of hydrogen-bond donors (Lipinski definition) is 2. The van der Waals surface area contributed by atoms with Gasteiger partial charge in [0.05, 0.1) is 29.1 Å². The Morgan fingerprint density at radius 1 is 0.914 bits per heavy atom. The van der Waals surface area contributed by atoms with Gasteiger partial charge in [-0.2, -0.15) is 5.10 Å². The van der Waals surface area contributed by atoms with Crippen molar-refractivity contribution < 1.29 is 4.39 Å². The minimum absolute atomic E-state index is 0.322. The van der Waals surface area contributed by atoms with Crippen LogP contribution in [0.3, 0.4) is 0 Å². The van der Waals surface area contributed by atoms with E-state index in [0.717, 1.165) is 34.3 Å². The van der Waals surface area contributed by atoms with Crippen molar-refractivity contribution in [2.75, 3.05) is 14.1 Å². The van der Waals surface area contributed by atoms with Gasteiger partial charge in [-0.25, -0.2) is 9.37 Å². The van der Waals surface area contributed by atoms with Crippen molar-refractivity contribution in [1.82, 2.24) is 40.0 Å². The Balaban J connectivity index is 1.46. The van der Waals surface area contributed by atoms with Crippen molar-refractivity contribution in [1.29, 1.82) is 0 Å². The van der Waals surface area contributed by atoms with Crippen LogP contribution >= 0.6 is 0 Å². The molecule has 0 saturated heterocycles. The fraction of sp³-hybridized carbons (Fsp3) is 0.115. The summed E-state index contributed by atoms with van der Waals surface area (Å²) >= 11 is 0. The van der Waals surface area contributed by atoms with Gasteiger partial charge >= 0.3 is 0 Å². The Hall–Kier alpha value is -4.50. The van der Waals surface area contributed by atoms with Crippen LogP contribution in [0, 0.1) is 5.82 Å². The summed E-state index contributed by atoms with van der Waals surface area (Å²) in [6.45, 7) is 0.789. The largest absolute Gasteiger partial charge is 0.335 e. The molecule has 0 spiro atoms. The predicted octanol–water partition coefficient (Wildman–Crippen LogP) is 4.83. The standard InChI is InChI=1S/C26H21FN8/c1-35(2)14-15-7-16(10-28-9-15)21-8-18-22(13-30-21)33-34-25(18)26-31-23-12-29-11-19(24(23)32-26)17-5-3-4-6-20(17)27/h3-13H,14H2,1-2H3,(H,31,32)(H,33,34). The van der Waals surface area contributed by atoms with Crippen molar-refractivity contribution in [2.24, 2.45) is 0 Å². The van der Waals surface area contributed by atoms with Crippen molar-refractivity contribution in [3.8, 4) is 33.9 Å². The zero-order valence-corrected chi connectivity index (χ0v) is 19.1. The van der Waals surface area contributed by atoms with Crippen molar-refractivity contribution in [3.63, 3.8) is 0 Å². The van der Waals surface area contributed by atoms with E-state index >= 15 is 0 Å². The maximum atomic E-state index is 14.5. The van der Waals surface area contributed by atoms with Crippen LogP contribution in [0.4, 0.5) is 4.39 Å². The first-order valence-corrected chi connectivity index (χ1v) is 11.1. The van der Waals surface area contributed by atoms with E-state index in [1.165, 1.54) is 6.07 Å². The van der Waals surface area contributed by atoms with E-state index < -0.39 is 0 Å². The summed E-state index contributed by atoms with van der Waals surface area (Å²) in [5.74, 6) is 0.242. The lowest BCUT2D eigenvalue weighted by Gasteiger charge is -2.10. The number of H-pyrrole nitrogens is 2. The minimum Gasteiger partial charge on any atom is -0.335 e. The third-order valence-electron chi connectivity index (χ3n) is 5.82. The van der Waals surface area contributed by atoms with Gasteiger partial charge in [0.15, 0.2) is 5.82 Å². The second-order valence-electron chi connectivity index (χ2n) is 8.66. The van der Waals surface area contributed by atoms with E-state index in [0.29, 0.717) is 33.7 Å². The highest BCUT2D eigenvalue weighted by molar-refractivity contribution is 5.97. The fourth-order valence-corrected chi connectivity index (χ4v) is 4.26. The van der Waals surface area contributed by atoms with Crippen LogP contribution in [0.2, 0.25) is 0 Å². The molecule has 0 aliphatic rings. The van der Waals surface area contributed by atoms with E-state index in [2.05, 4.69) is 41.1 Å². The van der Waals surface area contributed by atoms with Gasteiger partial charge in [0.2, 0.25) is 0 Å². The topological polar surface area (TPSA) is 99.3 Å². The minimum atomic E-state index is -0.322. The average molecular weight is 465 g/mol. The molecule has 0 bridgehead atoms. The average Bonchev–Trinajstić information content (AvgIpc) is 3.47. The molecule has 0 atom stereocenters. The number of aromatic nitrogens is 7. The number of nitrogens with one attached hydrogen (secondary N) is 2. The van der Waals surface area contributed by atoms with Crippen molar-refractivity contribution in [3.05, 3.63) is 78.8 Å². The van der Waals surface area contributed by atoms with Gasteiger partial charge in [-0.05, 0) is 37.9 Å². The second-order valence-corrected chi connectivity index (χ2v) is 8.66. The number of imidazole rings is 1.